The van der Waals surface area contributed by atoms with E-state index in [4.69, 9.17) is 9.73 Å². The predicted octanol–water partition coefficient (Wildman–Crippen LogP) is 1.52. The second kappa shape index (κ2) is 8.28. The summed E-state index contributed by atoms with van der Waals surface area (Å²) < 4.78 is 5.18. The fourth-order valence-corrected chi connectivity index (χ4v) is 3.39. The van der Waals surface area contributed by atoms with E-state index in [1.165, 1.54) is 4.90 Å². The second-order valence-corrected chi connectivity index (χ2v) is 6.83. The van der Waals surface area contributed by atoms with Gasteiger partial charge in [-0.05, 0) is 24.1 Å². The van der Waals surface area contributed by atoms with Gasteiger partial charge in [0.25, 0.3) is 5.91 Å². The Hall–Kier alpha value is -2.77. The van der Waals surface area contributed by atoms with E-state index < -0.39 is 18.2 Å². The van der Waals surface area contributed by atoms with E-state index in [9.17, 15) is 9.59 Å². The van der Waals surface area contributed by atoms with Crippen molar-refractivity contribution >= 4 is 17.9 Å². The molecule has 2 unspecified atom stereocenters. The number of unbranched alkanes of at least 4 members (excludes halogenated alkanes) is 2. The molecule has 27 heavy (non-hydrogen) atoms. The summed E-state index contributed by atoms with van der Waals surface area (Å²) in [5.74, 6) is 1.18. The van der Waals surface area contributed by atoms with Gasteiger partial charge in [-0.1, -0.05) is 31.9 Å². The lowest BCUT2D eigenvalue weighted by Gasteiger charge is -2.35. The van der Waals surface area contributed by atoms with E-state index in [1.807, 2.05) is 29.2 Å². The molecular weight excluding hydrogens is 346 g/mol. The van der Waals surface area contributed by atoms with Crippen molar-refractivity contribution in [1.82, 2.24) is 20.4 Å². The molecule has 2 heterocycles. The molecule has 0 saturated carbocycles. The Morgan fingerprint density at radius 1 is 1.19 bits per heavy atom. The van der Waals surface area contributed by atoms with Gasteiger partial charge in [0, 0.05) is 13.6 Å². The topological polar surface area (TPSA) is 86.3 Å². The van der Waals surface area contributed by atoms with Crippen LogP contribution in [0.15, 0.2) is 29.3 Å². The summed E-state index contributed by atoms with van der Waals surface area (Å²) in [5, 5.41) is 5.69. The Balaban J connectivity index is 1.79. The van der Waals surface area contributed by atoms with Gasteiger partial charge < -0.3 is 19.9 Å². The number of nitrogens with zero attached hydrogens (tertiary/aromatic N) is 3. The lowest BCUT2D eigenvalue weighted by Crippen LogP contribution is -2.64. The maximum absolute atomic E-state index is 12.5. The number of carbonyl (C=O) groups excluding carboxylic acids is 2. The van der Waals surface area contributed by atoms with Crippen LogP contribution in [0.5, 0.6) is 5.75 Å². The molecule has 2 aliphatic rings. The van der Waals surface area contributed by atoms with E-state index >= 15 is 0 Å². The highest BCUT2D eigenvalue weighted by atomic mass is 16.5. The molecule has 8 nitrogen and oxygen atoms in total. The highest BCUT2D eigenvalue weighted by Gasteiger charge is 2.49. The molecule has 0 aliphatic carbocycles. The van der Waals surface area contributed by atoms with Crippen molar-refractivity contribution in [1.29, 1.82) is 0 Å². The van der Waals surface area contributed by atoms with E-state index in [0.29, 0.717) is 12.5 Å². The molecule has 1 aromatic rings. The van der Waals surface area contributed by atoms with E-state index in [-0.39, 0.29) is 5.91 Å². The summed E-state index contributed by atoms with van der Waals surface area (Å²) in [7, 11) is 3.32. The zero-order valence-electron chi connectivity index (χ0n) is 16.1. The first-order valence-electron chi connectivity index (χ1n) is 9.33. The molecule has 0 aromatic heterocycles. The lowest BCUT2D eigenvalue weighted by atomic mass is 10.1. The SMILES string of the molecule is CCCCCN1C(=NCc2ccc(OC)cc2)NC2C1C(=O)NC(=O)N2C. The number of imide groups is 1. The molecule has 146 valence electrons. The van der Waals surface area contributed by atoms with Crippen LogP contribution in [-0.4, -0.2) is 60.6 Å². The average molecular weight is 373 g/mol. The smallest absolute Gasteiger partial charge is 0.325 e. The summed E-state index contributed by atoms with van der Waals surface area (Å²) in [4.78, 5) is 32.6. The average Bonchev–Trinajstić information content (AvgIpc) is 3.04. The maximum Gasteiger partial charge on any atom is 0.325 e. The number of guanidine groups is 1. The largest absolute Gasteiger partial charge is 0.497 e. The minimum atomic E-state index is -0.459. The molecule has 8 heteroatoms. The van der Waals surface area contributed by atoms with Crippen LogP contribution in [0.3, 0.4) is 0 Å². The van der Waals surface area contributed by atoms with Crippen molar-refractivity contribution in [2.45, 2.75) is 44.9 Å². The Morgan fingerprint density at radius 3 is 2.59 bits per heavy atom. The molecule has 2 fully saturated rings. The lowest BCUT2D eigenvalue weighted by molar-refractivity contribution is -0.127. The van der Waals surface area contributed by atoms with Crippen molar-refractivity contribution in [3.63, 3.8) is 0 Å². The van der Waals surface area contributed by atoms with Gasteiger partial charge in [-0.15, -0.1) is 0 Å². The number of amides is 3. The van der Waals surface area contributed by atoms with Crippen LogP contribution in [0.4, 0.5) is 4.79 Å². The quantitative estimate of drug-likeness (QED) is 0.708. The summed E-state index contributed by atoms with van der Waals surface area (Å²) in [5.41, 5.74) is 1.04. The number of rotatable bonds is 7. The predicted molar refractivity (Wildman–Crippen MR) is 102 cm³/mol. The van der Waals surface area contributed by atoms with Crippen LogP contribution >= 0.6 is 0 Å². The van der Waals surface area contributed by atoms with Crippen molar-refractivity contribution in [3.05, 3.63) is 29.8 Å². The molecule has 0 spiro atoms. The van der Waals surface area contributed by atoms with Gasteiger partial charge in [0.15, 0.2) is 12.0 Å². The zero-order valence-corrected chi connectivity index (χ0v) is 16.1. The Kier molecular flexibility index (Phi) is 5.83. The number of fused-ring (bicyclic) bond motifs is 1. The Morgan fingerprint density at radius 2 is 1.93 bits per heavy atom. The number of nitrogens with one attached hydrogen (secondary N) is 2. The molecule has 2 atom stereocenters. The third-order valence-corrected chi connectivity index (χ3v) is 4.99. The Bertz CT molecular complexity index is 719. The minimum Gasteiger partial charge on any atom is -0.497 e. The molecule has 1 aromatic carbocycles. The van der Waals surface area contributed by atoms with Crippen LogP contribution in [0.1, 0.15) is 31.7 Å². The molecule has 2 N–H and O–H groups in total. The molecule has 2 saturated heterocycles. The van der Waals surface area contributed by atoms with Crippen molar-refractivity contribution in [2.24, 2.45) is 4.99 Å². The molecule has 0 radical (unpaired) electrons. The van der Waals surface area contributed by atoms with Crippen molar-refractivity contribution < 1.29 is 14.3 Å². The second-order valence-electron chi connectivity index (χ2n) is 6.83. The van der Waals surface area contributed by atoms with Gasteiger partial charge >= 0.3 is 6.03 Å². The highest BCUT2D eigenvalue weighted by Crippen LogP contribution is 2.22. The van der Waals surface area contributed by atoms with Crippen LogP contribution < -0.4 is 15.4 Å². The molecule has 0 bridgehead atoms. The summed E-state index contributed by atoms with van der Waals surface area (Å²) in [6.45, 7) is 3.34. The van der Waals surface area contributed by atoms with E-state index in [1.54, 1.807) is 14.2 Å². The number of benzene rings is 1. The number of carbonyl (C=O) groups is 2. The van der Waals surface area contributed by atoms with Crippen LogP contribution in [-0.2, 0) is 11.3 Å². The summed E-state index contributed by atoms with van der Waals surface area (Å²) >= 11 is 0. The monoisotopic (exact) mass is 373 g/mol. The molecule has 3 amide bonds. The normalized spacial score (nSPS) is 23.3. The number of methoxy groups -OCH3 is 1. The third-order valence-electron chi connectivity index (χ3n) is 4.99. The van der Waals surface area contributed by atoms with Gasteiger partial charge in [0.2, 0.25) is 0 Å². The summed E-state index contributed by atoms with van der Waals surface area (Å²) in [6.07, 6.45) is 2.74. The first-order valence-corrected chi connectivity index (χ1v) is 9.33. The van der Waals surface area contributed by atoms with Gasteiger partial charge in [0.1, 0.15) is 11.9 Å². The van der Waals surface area contributed by atoms with Crippen LogP contribution in [0.2, 0.25) is 0 Å². The highest BCUT2D eigenvalue weighted by molar-refractivity contribution is 6.04. The number of aliphatic imine (C=N–C) groups is 1. The zero-order chi connectivity index (χ0) is 19.4. The maximum atomic E-state index is 12.5. The first-order chi connectivity index (χ1) is 13.0. The number of likely N-dealkylation sites (N-methyl/N-ethyl adjacent to an activating group) is 1. The van der Waals surface area contributed by atoms with E-state index in [2.05, 4.69) is 17.6 Å². The van der Waals surface area contributed by atoms with Gasteiger partial charge in [-0.3, -0.25) is 10.1 Å². The van der Waals surface area contributed by atoms with Gasteiger partial charge in [-0.2, -0.15) is 0 Å². The van der Waals surface area contributed by atoms with Crippen LogP contribution in [0, 0.1) is 0 Å². The standard InChI is InChI=1S/C19H27N5O3/c1-4-5-6-11-24-15-16(23(2)19(26)22-17(15)25)21-18(24)20-12-13-7-9-14(27-3)10-8-13/h7-10,15-16H,4-6,11-12H2,1-3H3,(H,20,21)(H,22,25,26). The van der Waals surface area contributed by atoms with E-state index in [0.717, 1.165) is 37.1 Å². The van der Waals surface area contributed by atoms with Gasteiger partial charge in [0.05, 0.1) is 13.7 Å². The van der Waals surface area contributed by atoms with Crippen molar-refractivity contribution in [2.75, 3.05) is 20.7 Å². The minimum absolute atomic E-state index is 0.276. The third kappa shape index (κ3) is 3.99. The number of hydrogen-bond acceptors (Lipinski definition) is 4. The first kappa shape index (κ1) is 19.0. The number of hydrogen-bond donors (Lipinski definition) is 2. The number of ether oxygens (including phenoxy) is 1. The number of urea groups is 1. The van der Waals surface area contributed by atoms with Crippen LogP contribution in [0.25, 0.3) is 0 Å². The molecule has 2 aliphatic heterocycles. The fraction of sp³-hybridized carbons (Fsp3) is 0.526. The van der Waals surface area contributed by atoms with Gasteiger partial charge in [-0.25, -0.2) is 9.79 Å². The fourth-order valence-electron chi connectivity index (χ4n) is 3.39. The van der Waals surface area contributed by atoms with Crippen molar-refractivity contribution in [3.8, 4) is 5.75 Å². The summed E-state index contributed by atoms with van der Waals surface area (Å²) in [6, 6.07) is 6.88. The Labute approximate surface area is 159 Å². The molecular formula is C19H27N5O3. The molecule has 3 rings (SSSR count).